The van der Waals surface area contributed by atoms with Crippen LogP contribution in [0, 0.1) is 0 Å². The van der Waals surface area contributed by atoms with E-state index >= 15 is 0 Å². The standard InChI is InChI=1S/C27H38N6O5/c1-4-5-16-37-26-30-24(28)23-25(31-26)33(27(29-23)36-3)13-7-12-32-14-10-20(11-15-32)38-21-9-6-8-19(17-21)18-22(34)35-2/h6,8-9,17,20H,4-5,7,10-16,18H2,1-3H3,(H2,28,30,31). The van der Waals surface area contributed by atoms with Crippen molar-refractivity contribution in [1.82, 2.24) is 24.4 Å². The molecule has 0 saturated carbocycles. The molecule has 0 amide bonds. The number of likely N-dealkylation sites (tertiary alicyclic amines) is 1. The molecule has 0 unspecified atom stereocenters. The number of nitrogen functional groups attached to an aromatic ring is 1. The number of fused-ring (bicyclic) bond motifs is 1. The molecule has 1 aliphatic heterocycles. The number of nitrogens with zero attached hydrogens (tertiary/aromatic N) is 5. The summed E-state index contributed by atoms with van der Waals surface area (Å²) in [6.07, 6.45) is 5.14. The Balaban J connectivity index is 1.29. The second-order valence-corrected chi connectivity index (χ2v) is 9.43. The highest BCUT2D eigenvalue weighted by atomic mass is 16.5. The molecule has 0 spiro atoms. The number of ether oxygens (including phenoxy) is 4. The van der Waals surface area contributed by atoms with Crippen molar-refractivity contribution in [3.8, 4) is 17.8 Å². The Morgan fingerprint density at radius 2 is 1.92 bits per heavy atom. The lowest BCUT2D eigenvalue weighted by Gasteiger charge is -2.32. The Hall–Kier alpha value is -3.60. The fraction of sp³-hybridized carbons (Fsp3) is 0.556. The first-order chi connectivity index (χ1) is 18.5. The van der Waals surface area contributed by atoms with Crippen LogP contribution in [-0.2, 0) is 22.5 Å². The summed E-state index contributed by atoms with van der Waals surface area (Å²) in [5.74, 6) is 0.827. The molecule has 2 aromatic heterocycles. The number of carbonyl (C=O) groups excluding carboxylic acids is 1. The van der Waals surface area contributed by atoms with Gasteiger partial charge in [0.2, 0.25) is 0 Å². The maximum Gasteiger partial charge on any atom is 0.320 e. The maximum absolute atomic E-state index is 11.6. The number of hydrogen-bond donors (Lipinski definition) is 1. The van der Waals surface area contributed by atoms with Crippen LogP contribution in [0.2, 0.25) is 0 Å². The molecule has 38 heavy (non-hydrogen) atoms. The third-order valence-corrected chi connectivity index (χ3v) is 6.65. The van der Waals surface area contributed by atoms with Gasteiger partial charge in [-0.2, -0.15) is 15.0 Å². The molecule has 1 aromatic carbocycles. The molecule has 0 atom stereocenters. The van der Waals surface area contributed by atoms with Crippen molar-refractivity contribution in [3.63, 3.8) is 0 Å². The van der Waals surface area contributed by atoms with Gasteiger partial charge in [0.25, 0.3) is 6.01 Å². The molecule has 0 aliphatic carbocycles. The Bertz CT molecular complexity index is 1210. The number of aromatic nitrogens is 4. The number of hydrogen-bond acceptors (Lipinski definition) is 10. The van der Waals surface area contributed by atoms with Gasteiger partial charge in [0.1, 0.15) is 11.9 Å². The van der Waals surface area contributed by atoms with Gasteiger partial charge < -0.3 is 29.6 Å². The van der Waals surface area contributed by atoms with Crippen molar-refractivity contribution in [2.75, 3.05) is 46.2 Å². The third kappa shape index (κ3) is 7.03. The highest BCUT2D eigenvalue weighted by Crippen LogP contribution is 2.26. The number of carbonyl (C=O) groups is 1. The molecule has 11 nitrogen and oxygen atoms in total. The van der Waals surface area contributed by atoms with E-state index in [1.54, 1.807) is 7.11 Å². The van der Waals surface area contributed by atoms with Gasteiger partial charge >= 0.3 is 12.0 Å². The molecular weight excluding hydrogens is 488 g/mol. The van der Waals surface area contributed by atoms with Crippen molar-refractivity contribution in [2.24, 2.45) is 0 Å². The van der Waals surface area contributed by atoms with Crippen LogP contribution < -0.4 is 19.9 Å². The van der Waals surface area contributed by atoms with Gasteiger partial charge in [-0.15, -0.1) is 0 Å². The first kappa shape index (κ1) is 27.4. The van der Waals surface area contributed by atoms with E-state index in [1.165, 1.54) is 7.11 Å². The highest BCUT2D eigenvalue weighted by Gasteiger charge is 2.22. The maximum atomic E-state index is 11.6. The van der Waals surface area contributed by atoms with Crippen molar-refractivity contribution < 1.29 is 23.7 Å². The summed E-state index contributed by atoms with van der Waals surface area (Å²) >= 11 is 0. The average Bonchev–Trinajstić information content (AvgIpc) is 3.28. The van der Waals surface area contributed by atoms with E-state index in [4.69, 9.17) is 24.7 Å². The zero-order valence-corrected chi connectivity index (χ0v) is 22.5. The Morgan fingerprint density at radius 1 is 1.11 bits per heavy atom. The quantitative estimate of drug-likeness (QED) is 0.262. The molecule has 0 radical (unpaired) electrons. The Morgan fingerprint density at radius 3 is 2.66 bits per heavy atom. The van der Waals surface area contributed by atoms with Crippen molar-refractivity contribution in [1.29, 1.82) is 0 Å². The first-order valence-electron chi connectivity index (χ1n) is 13.3. The second-order valence-electron chi connectivity index (χ2n) is 9.43. The summed E-state index contributed by atoms with van der Waals surface area (Å²) in [5, 5.41) is 0. The van der Waals surface area contributed by atoms with Crippen LogP contribution >= 0.6 is 0 Å². The normalized spacial score (nSPS) is 14.5. The lowest BCUT2D eigenvalue weighted by atomic mass is 10.1. The van der Waals surface area contributed by atoms with Gasteiger partial charge in [0, 0.05) is 19.6 Å². The molecule has 4 rings (SSSR count). The minimum absolute atomic E-state index is 0.156. The minimum Gasteiger partial charge on any atom is -0.490 e. The summed E-state index contributed by atoms with van der Waals surface area (Å²) in [7, 11) is 2.99. The van der Waals surface area contributed by atoms with Crippen LogP contribution in [0.1, 0.15) is 44.6 Å². The largest absolute Gasteiger partial charge is 0.490 e. The summed E-state index contributed by atoms with van der Waals surface area (Å²) in [5.41, 5.74) is 8.19. The molecule has 3 aromatic rings. The number of imidazole rings is 1. The van der Waals surface area contributed by atoms with Crippen molar-refractivity contribution in [2.45, 2.75) is 58.1 Å². The molecular formula is C27H38N6O5. The van der Waals surface area contributed by atoms with Crippen LogP contribution in [0.25, 0.3) is 11.2 Å². The zero-order valence-electron chi connectivity index (χ0n) is 22.5. The van der Waals surface area contributed by atoms with Gasteiger partial charge in [-0.1, -0.05) is 25.5 Å². The SMILES string of the molecule is CCCCOc1nc(N)c2nc(OC)n(CCCN3CCC(Oc4cccc(CC(=O)OC)c4)CC3)c2n1. The number of unbranched alkanes of at least 4 members (excludes halogenated alkanes) is 1. The van der Waals surface area contributed by atoms with Crippen LogP contribution in [0.4, 0.5) is 5.82 Å². The van der Waals surface area contributed by atoms with Gasteiger partial charge in [-0.3, -0.25) is 9.36 Å². The molecule has 1 fully saturated rings. The summed E-state index contributed by atoms with van der Waals surface area (Å²) in [4.78, 5) is 27.3. The second kappa shape index (κ2) is 13.3. The third-order valence-electron chi connectivity index (χ3n) is 6.65. The minimum atomic E-state index is -0.256. The number of rotatable bonds is 13. The molecule has 0 bridgehead atoms. The zero-order chi connectivity index (χ0) is 26.9. The number of esters is 1. The van der Waals surface area contributed by atoms with E-state index in [1.807, 2.05) is 28.8 Å². The van der Waals surface area contributed by atoms with Gasteiger partial charge in [0.05, 0.1) is 27.2 Å². The molecule has 11 heteroatoms. The van der Waals surface area contributed by atoms with Crippen molar-refractivity contribution in [3.05, 3.63) is 29.8 Å². The number of anilines is 1. The first-order valence-corrected chi connectivity index (χ1v) is 13.3. The number of nitrogens with two attached hydrogens (primary N) is 1. The summed E-state index contributed by atoms with van der Waals surface area (Å²) in [6, 6.07) is 8.41. The van der Waals surface area contributed by atoms with Crippen LogP contribution in [-0.4, -0.2) is 77.0 Å². The van der Waals surface area contributed by atoms with Gasteiger partial charge in [-0.25, -0.2) is 0 Å². The number of methoxy groups -OCH3 is 2. The molecule has 206 valence electrons. The summed E-state index contributed by atoms with van der Waals surface area (Å²) in [6.45, 7) is 6.19. The van der Waals surface area contributed by atoms with E-state index in [2.05, 4.69) is 26.8 Å². The Labute approximate surface area is 223 Å². The summed E-state index contributed by atoms with van der Waals surface area (Å²) < 4.78 is 24.1. The topological polar surface area (TPSA) is 127 Å². The van der Waals surface area contributed by atoms with Gasteiger partial charge in [0.15, 0.2) is 17.0 Å². The van der Waals surface area contributed by atoms with Crippen LogP contribution in [0.5, 0.6) is 17.8 Å². The number of piperidine rings is 1. The Kier molecular flexibility index (Phi) is 9.58. The predicted molar refractivity (Wildman–Crippen MR) is 144 cm³/mol. The van der Waals surface area contributed by atoms with Crippen LogP contribution in [0.3, 0.4) is 0 Å². The van der Waals surface area contributed by atoms with E-state index in [9.17, 15) is 4.79 Å². The van der Waals surface area contributed by atoms with Crippen LogP contribution in [0.15, 0.2) is 24.3 Å². The molecule has 1 aliphatic rings. The lowest BCUT2D eigenvalue weighted by molar-refractivity contribution is -0.139. The lowest BCUT2D eigenvalue weighted by Crippen LogP contribution is -2.39. The molecule has 3 heterocycles. The van der Waals surface area contributed by atoms with E-state index in [0.29, 0.717) is 30.3 Å². The number of aryl methyl sites for hydroxylation is 1. The van der Waals surface area contributed by atoms with E-state index < -0.39 is 0 Å². The molecule has 1 saturated heterocycles. The average molecular weight is 527 g/mol. The smallest absolute Gasteiger partial charge is 0.320 e. The van der Waals surface area contributed by atoms with E-state index in [-0.39, 0.29) is 30.3 Å². The monoisotopic (exact) mass is 526 g/mol. The van der Waals surface area contributed by atoms with Gasteiger partial charge in [-0.05, 0) is 49.9 Å². The fourth-order valence-electron chi connectivity index (χ4n) is 4.57. The molecule has 2 N–H and O–H groups in total. The van der Waals surface area contributed by atoms with Crippen molar-refractivity contribution >= 4 is 23.0 Å². The number of benzene rings is 1. The highest BCUT2D eigenvalue weighted by molar-refractivity contribution is 5.83. The van der Waals surface area contributed by atoms with E-state index in [0.717, 1.165) is 63.1 Å². The fourth-order valence-corrected chi connectivity index (χ4v) is 4.57. The predicted octanol–water partition coefficient (Wildman–Crippen LogP) is 3.25.